The second-order valence-corrected chi connectivity index (χ2v) is 6.15. The van der Waals surface area contributed by atoms with Gasteiger partial charge in [-0.05, 0) is 24.1 Å². The van der Waals surface area contributed by atoms with Crippen LogP contribution < -0.4 is 11.0 Å². The molecule has 0 fully saturated rings. The average molecular weight is 414 g/mol. The van der Waals surface area contributed by atoms with E-state index in [2.05, 4.69) is 20.3 Å². The van der Waals surface area contributed by atoms with Crippen molar-refractivity contribution >= 4 is 34.0 Å². The zero-order chi connectivity index (χ0) is 20.5. The largest absolute Gasteiger partial charge is 0.416 e. The van der Waals surface area contributed by atoms with Gasteiger partial charge in [0, 0.05) is 24.1 Å². The first-order chi connectivity index (χ1) is 13.1. The summed E-state index contributed by atoms with van der Waals surface area (Å²) in [6, 6.07) is 3.87. The molecule has 0 aliphatic heterocycles. The maximum Gasteiger partial charge on any atom is 0.416 e. The second kappa shape index (κ2) is 7.43. The van der Waals surface area contributed by atoms with Crippen LogP contribution in [0.4, 0.5) is 24.7 Å². The number of hydrogen-bond acceptors (Lipinski definition) is 6. The monoisotopic (exact) mass is 413 g/mol. The fraction of sp³-hybridized carbons (Fsp3) is 0.188. The molecule has 0 amide bonds. The zero-order valence-electron chi connectivity index (χ0n) is 13.9. The fourth-order valence-corrected chi connectivity index (χ4v) is 2.74. The SMILES string of the molecule is O=c1nc(NCCc2cc([N+](=O)[O-])cc(C(F)(F)F)c2)c2cc(Cl)ncc2[nH]1. The van der Waals surface area contributed by atoms with E-state index < -0.39 is 28.0 Å². The van der Waals surface area contributed by atoms with Crippen molar-refractivity contribution in [2.24, 2.45) is 0 Å². The van der Waals surface area contributed by atoms with Crippen LogP contribution in [0, 0.1) is 10.1 Å². The van der Waals surface area contributed by atoms with Crippen molar-refractivity contribution in [1.29, 1.82) is 0 Å². The van der Waals surface area contributed by atoms with Gasteiger partial charge < -0.3 is 10.3 Å². The fourth-order valence-electron chi connectivity index (χ4n) is 2.58. The van der Waals surface area contributed by atoms with Gasteiger partial charge in [-0.15, -0.1) is 0 Å². The van der Waals surface area contributed by atoms with E-state index in [-0.39, 0.29) is 29.5 Å². The van der Waals surface area contributed by atoms with Gasteiger partial charge in [-0.25, -0.2) is 9.78 Å². The van der Waals surface area contributed by atoms with E-state index in [4.69, 9.17) is 11.6 Å². The minimum absolute atomic E-state index is 0.0273. The van der Waals surface area contributed by atoms with E-state index in [1.54, 1.807) is 0 Å². The number of alkyl halides is 3. The van der Waals surface area contributed by atoms with Crippen molar-refractivity contribution in [2.75, 3.05) is 11.9 Å². The lowest BCUT2D eigenvalue weighted by molar-refractivity contribution is -0.385. The van der Waals surface area contributed by atoms with Gasteiger partial charge in [0.1, 0.15) is 11.0 Å². The van der Waals surface area contributed by atoms with E-state index in [0.29, 0.717) is 17.0 Å². The number of benzene rings is 1. The molecule has 3 aromatic rings. The van der Waals surface area contributed by atoms with Gasteiger partial charge in [0.15, 0.2) is 0 Å². The quantitative estimate of drug-likeness (QED) is 0.375. The first kappa shape index (κ1) is 19.5. The van der Waals surface area contributed by atoms with Crippen LogP contribution in [-0.4, -0.2) is 26.4 Å². The molecule has 0 unspecified atom stereocenters. The summed E-state index contributed by atoms with van der Waals surface area (Å²) < 4.78 is 38.9. The molecule has 0 aliphatic rings. The van der Waals surface area contributed by atoms with Crippen molar-refractivity contribution in [3.63, 3.8) is 0 Å². The lowest BCUT2D eigenvalue weighted by Gasteiger charge is -2.11. The highest BCUT2D eigenvalue weighted by Crippen LogP contribution is 2.32. The number of nitro benzene ring substituents is 1. The van der Waals surface area contributed by atoms with Gasteiger partial charge >= 0.3 is 11.9 Å². The van der Waals surface area contributed by atoms with Crippen molar-refractivity contribution in [2.45, 2.75) is 12.6 Å². The molecule has 1 aromatic carbocycles. The van der Waals surface area contributed by atoms with Gasteiger partial charge in [0.25, 0.3) is 5.69 Å². The number of hydrogen-bond donors (Lipinski definition) is 2. The van der Waals surface area contributed by atoms with Crippen molar-refractivity contribution in [3.8, 4) is 0 Å². The van der Waals surface area contributed by atoms with E-state index in [1.807, 2.05) is 0 Å². The molecule has 12 heteroatoms. The Labute approximate surface area is 159 Å². The summed E-state index contributed by atoms with van der Waals surface area (Å²) in [5.41, 5.74) is -1.91. The third-order valence-electron chi connectivity index (χ3n) is 3.80. The van der Waals surface area contributed by atoms with Crippen LogP contribution in [-0.2, 0) is 12.6 Å². The first-order valence-corrected chi connectivity index (χ1v) is 8.16. The molecule has 2 N–H and O–H groups in total. The second-order valence-electron chi connectivity index (χ2n) is 5.76. The number of aromatic nitrogens is 3. The van der Waals surface area contributed by atoms with E-state index >= 15 is 0 Å². The van der Waals surface area contributed by atoms with Crippen LogP contribution in [0.3, 0.4) is 0 Å². The van der Waals surface area contributed by atoms with Gasteiger partial charge in [0.05, 0.1) is 22.2 Å². The molecule has 2 heterocycles. The smallest absolute Gasteiger partial charge is 0.369 e. The average Bonchev–Trinajstić information content (AvgIpc) is 2.61. The van der Waals surface area contributed by atoms with E-state index in [0.717, 1.165) is 12.1 Å². The van der Waals surface area contributed by atoms with Gasteiger partial charge in [-0.1, -0.05) is 11.6 Å². The molecule has 28 heavy (non-hydrogen) atoms. The number of fused-ring (bicyclic) bond motifs is 1. The van der Waals surface area contributed by atoms with Gasteiger partial charge in [0.2, 0.25) is 0 Å². The number of nitrogens with zero attached hydrogens (tertiary/aromatic N) is 3. The Hall–Kier alpha value is -3.21. The number of halogens is 4. The highest BCUT2D eigenvalue weighted by Gasteiger charge is 2.32. The molecule has 0 aliphatic carbocycles. The molecule has 0 saturated carbocycles. The van der Waals surface area contributed by atoms with E-state index in [9.17, 15) is 28.1 Å². The van der Waals surface area contributed by atoms with Gasteiger partial charge in [-0.3, -0.25) is 10.1 Å². The van der Waals surface area contributed by atoms with Crippen LogP contribution in [0.1, 0.15) is 11.1 Å². The molecule has 146 valence electrons. The molecule has 8 nitrogen and oxygen atoms in total. The summed E-state index contributed by atoms with van der Waals surface area (Å²) in [7, 11) is 0. The Balaban J connectivity index is 1.85. The first-order valence-electron chi connectivity index (χ1n) is 7.78. The number of anilines is 1. The minimum Gasteiger partial charge on any atom is -0.369 e. The molecule has 0 atom stereocenters. The summed E-state index contributed by atoms with van der Waals surface area (Å²) in [4.78, 5) is 31.8. The number of nitrogens with one attached hydrogen (secondary N) is 2. The number of H-pyrrole nitrogens is 1. The standard InChI is InChI=1S/C16H11ClF3N5O3/c17-13-6-11-12(7-22-13)23-15(26)24-14(11)21-2-1-8-3-9(16(18,19)20)5-10(4-8)25(27)28/h3-7H,1-2H2,(H2,21,23,24,26). The molecule has 0 radical (unpaired) electrons. The number of rotatable bonds is 5. The summed E-state index contributed by atoms with van der Waals surface area (Å²) in [6.07, 6.45) is -3.33. The molecular formula is C16H11ClF3N5O3. The number of pyridine rings is 1. The minimum atomic E-state index is -4.71. The van der Waals surface area contributed by atoms with E-state index in [1.165, 1.54) is 12.3 Å². The summed E-state index contributed by atoms with van der Waals surface area (Å²) in [5.74, 6) is 0.171. The molecule has 3 rings (SSSR count). The normalized spacial score (nSPS) is 11.6. The predicted octanol–water partition coefficient (Wildman–Crippen LogP) is 3.55. The molecule has 0 bridgehead atoms. The third-order valence-corrected chi connectivity index (χ3v) is 4.01. The van der Waals surface area contributed by atoms with Crippen LogP contribution in [0.2, 0.25) is 5.15 Å². The van der Waals surface area contributed by atoms with Crippen LogP contribution >= 0.6 is 11.6 Å². The van der Waals surface area contributed by atoms with Crippen molar-refractivity contribution in [3.05, 3.63) is 67.3 Å². The van der Waals surface area contributed by atoms with Crippen molar-refractivity contribution < 1.29 is 18.1 Å². The Morgan fingerprint density at radius 3 is 2.68 bits per heavy atom. The van der Waals surface area contributed by atoms with Crippen LogP contribution in [0.25, 0.3) is 10.9 Å². The number of aromatic amines is 1. The number of non-ortho nitro benzene ring substituents is 1. The molecule has 0 spiro atoms. The Morgan fingerprint density at radius 1 is 1.25 bits per heavy atom. The van der Waals surface area contributed by atoms with Gasteiger partial charge in [-0.2, -0.15) is 18.2 Å². The summed E-state index contributed by atoms with van der Waals surface area (Å²) in [6.45, 7) is 0.0734. The maximum atomic E-state index is 13.0. The molecule has 2 aromatic heterocycles. The summed E-state index contributed by atoms with van der Waals surface area (Å²) in [5, 5.41) is 14.4. The predicted molar refractivity (Wildman–Crippen MR) is 95.5 cm³/mol. The molecular weight excluding hydrogens is 403 g/mol. The topological polar surface area (TPSA) is 114 Å². The zero-order valence-corrected chi connectivity index (χ0v) is 14.6. The highest BCUT2D eigenvalue weighted by molar-refractivity contribution is 6.30. The van der Waals surface area contributed by atoms with Crippen LogP contribution in [0.15, 0.2) is 35.3 Å². The number of nitro groups is 1. The molecule has 0 saturated heterocycles. The lowest BCUT2D eigenvalue weighted by atomic mass is 10.1. The lowest BCUT2D eigenvalue weighted by Crippen LogP contribution is -2.16. The Kier molecular flexibility index (Phi) is 5.18. The van der Waals surface area contributed by atoms with Crippen molar-refractivity contribution in [1.82, 2.24) is 15.0 Å². The summed E-state index contributed by atoms with van der Waals surface area (Å²) >= 11 is 5.84. The third kappa shape index (κ3) is 4.36. The highest BCUT2D eigenvalue weighted by atomic mass is 35.5. The van der Waals surface area contributed by atoms with Crippen LogP contribution in [0.5, 0.6) is 0 Å². The Bertz CT molecular complexity index is 1120. The Morgan fingerprint density at radius 2 is 2.00 bits per heavy atom. The maximum absolute atomic E-state index is 13.0.